The van der Waals surface area contributed by atoms with E-state index in [1.54, 1.807) is 0 Å². The first-order valence-corrected chi connectivity index (χ1v) is 8.10. The second-order valence-electron chi connectivity index (χ2n) is 6.00. The van der Waals surface area contributed by atoms with Gasteiger partial charge in [-0.1, -0.05) is 0 Å². The predicted octanol–water partition coefficient (Wildman–Crippen LogP) is -3.51. The zero-order chi connectivity index (χ0) is 19.4. The summed E-state index contributed by atoms with van der Waals surface area (Å²) < 4.78 is 6.36. The van der Waals surface area contributed by atoms with Crippen molar-refractivity contribution in [1.82, 2.24) is 9.55 Å². The van der Waals surface area contributed by atoms with E-state index in [1.807, 2.05) is 0 Å². The highest BCUT2D eigenvalue weighted by Crippen LogP contribution is 2.31. The molecule has 1 fully saturated rings. The lowest BCUT2D eigenvalue weighted by molar-refractivity contribution is -0.0550. The van der Waals surface area contributed by atoms with Crippen molar-refractivity contribution in [3.05, 3.63) is 22.2 Å². The van der Waals surface area contributed by atoms with Gasteiger partial charge in [-0.2, -0.15) is 4.98 Å². The van der Waals surface area contributed by atoms with Gasteiger partial charge in [-0.25, -0.2) is 9.79 Å². The van der Waals surface area contributed by atoms with Crippen LogP contribution >= 0.6 is 0 Å². The number of anilines is 1. The van der Waals surface area contributed by atoms with Crippen molar-refractivity contribution in [3.8, 4) is 0 Å². The van der Waals surface area contributed by atoms with Gasteiger partial charge in [0.25, 0.3) is 0 Å². The standard InChI is InChI=1S/C14H25N7O5/c15-3-1-2-7(19-13(17)18)6-4-21(14(25)20-11(6)16)12-10(24)9(23)8(5-22)26-12/h4,7-10,12,22-24H,1-3,5,15H2,(H2,16,20,25)(H4,17,18,19)/t7?,8-,9?,10-,12?/m1/s1. The molecule has 3 unspecified atom stereocenters. The molecule has 2 heterocycles. The maximum atomic E-state index is 12.2. The van der Waals surface area contributed by atoms with Crippen molar-refractivity contribution >= 4 is 11.8 Å². The van der Waals surface area contributed by atoms with Crippen LogP contribution in [0.4, 0.5) is 5.82 Å². The Balaban J connectivity index is 2.45. The van der Waals surface area contributed by atoms with E-state index in [1.165, 1.54) is 6.20 Å². The van der Waals surface area contributed by atoms with Crippen LogP contribution in [0.15, 0.2) is 16.0 Å². The summed E-state index contributed by atoms with van der Waals surface area (Å²) in [5.74, 6) is -0.234. The van der Waals surface area contributed by atoms with Crippen LogP contribution in [0, 0.1) is 0 Å². The lowest BCUT2D eigenvalue weighted by Crippen LogP contribution is -2.36. The fraction of sp³-hybridized carbons (Fsp3) is 0.643. The average Bonchev–Trinajstić information content (AvgIpc) is 2.87. The third kappa shape index (κ3) is 4.11. The molecule has 0 aliphatic carbocycles. The van der Waals surface area contributed by atoms with Gasteiger partial charge in [0.2, 0.25) is 0 Å². The van der Waals surface area contributed by atoms with Gasteiger partial charge < -0.3 is 43.0 Å². The van der Waals surface area contributed by atoms with Crippen LogP contribution in [0.25, 0.3) is 0 Å². The zero-order valence-electron chi connectivity index (χ0n) is 14.1. The van der Waals surface area contributed by atoms with Gasteiger partial charge in [-0.05, 0) is 19.4 Å². The molecule has 1 aliphatic rings. The minimum absolute atomic E-state index is 0.0648. The number of aliphatic hydroxyl groups is 3. The molecule has 5 atom stereocenters. The Hall–Kier alpha value is -2.25. The van der Waals surface area contributed by atoms with Gasteiger partial charge in [0, 0.05) is 11.8 Å². The van der Waals surface area contributed by atoms with E-state index in [0.717, 1.165) is 4.57 Å². The van der Waals surface area contributed by atoms with Crippen LogP contribution in [0.5, 0.6) is 0 Å². The third-order valence-corrected chi connectivity index (χ3v) is 4.15. The summed E-state index contributed by atoms with van der Waals surface area (Å²) in [7, 11) is 0. The molecule has 11 N–H and O–H groups in total. The maximum absolute atomic E-state index is 12.2. The number of aliphatic imine (C=N–C) groups is 1. The molecule has 2 rings (SSSR count). The van der Waals surface area contributed by atoms with E-state index >= 15 is 0 Å². The van der Waals surface area contributed by atoms with Crippen molar-refractivity contribution in [2.45, 2.75) is 43.4 Å². The Labute approximate surface area is 149 Å². The fourth-order valence-electron chi connectivity index (χ4n) is 2.83. The van der Waals surface area contributed by atoms with Gasteiger partial charge in [0.1, 0.15) is 24.1 Å². The number of hydrogen-bond donors (Lipinski definition) is 7. The molecule has 1 aromatic rings. The van der Waals surface area contributed by atoms with Crippen LogP contribution in [0.2, 0.25) is 0 Å². The number of ether oxygens (including phenoxy) is 1. The van der Waals surface area contributed by atoms with Crippen molar-refractivity contribution in [2.24, 2.45) is 22.2 Å². The summed E-state index contributed by atoms with van der Waals surface area (Å²) in [6.45, 7) is -0.121. The number of nitrogens with two attached hydrogens (primary N) is 4. The van der Waals surface area contributed by atoms with Crippen LogP contribution < -0.4 is 28.6 Å². The normalized spacial score (nSPS) is 26.6. The van der Waals surface area contributed by atoms with E-state index in [0.29, 0.717) is 24.9 Å². The van der Waals surface area contributed by atoms with Crippen molar-refractivity contribution in [2.75, 3.05) is 18.9 Å². The first kappa shape index (κ1) is 20.1. The second-order valence-corrected chi connectivity index (χ2v) is 6.00. The van der Waals surface area contributed by atoms with Crippen LogP contribution in [0.3, 0.4) is 0 Å². The fourth-order valence-corrected chi connectivity index (χ4v) is 2.83. The number of aromatic nitrogens is 2. The third-order valence-electron chi connectivity index (χ3n) is 4.15. The number of nitrogen functional groups attached to an aromatic ring is 1. The number of rotatable bonds is 7. The molecule has 26 heavy (non-hydrogen) atoms. The number of guanidine groups is 1. The van der Waals surface area contributed by atoms with Gasteiger partial charge in [-0.15, -0.1) is 0 Å². The average molecular weight is 371 g/mol. The first-order chi connectivity index (χ1) is 12.3. The van der Waals surface area contributed by atoms with Crippen molar-refractivity contribution in [1.29, 1.82) is 0 Å². The van der Waals surface area contributed by atoms with E-state index < -0.39 is 42.9 Å². The smallest absolute Gasteiger partial charge is 0.351 e. The Bertz CT molecular complexity index is 705. The highest BCUT2D eigenvalue weighted by molar-refractivity contribution is 5.76. The van der Waals surface area contributed by atoms with Gasteiger partial charge >= 0.3 is 5.69 Å². The van der Waals surface area contributed by atoms with E-state index in [9.17, 15) is 20.1 Å². The van der Waals surface area contributed by atoms with Gasteiger partial charge in [-0.3, -0.25) is 4.57 Å². The minimum Gasteiger partial charge on any atom is -0.394 e. The largest absolute Gasteiger partial charge is 0.394 e. The molecule has 12 nitrogen and oxygen atoms in total. The van der Waals surface area contributed by atoms with Gasteiger partial charge in [0.15, 0.2) is 12.2 Å². The summed E-state index contributed by atoms with van der Waals surface area (Å²) in [4.78, 5) is 20.0. The molecule has 146 valence electrons. The molecule has 0 amide bonds. The number of nitrogens with zero attached hydrogens (tertiary/aromatic N) is 3. The van der Waals surface area contributed by atoms with E-state index in [4.69, 9.17) is 27.7 Å². The second kappa shape index (κ2) is 8.42. The summed E-state index contributed by atoms with van der Waals surface area (Å²) >= 11 is 0. The zero-order valence-corrected chi connectivity index (χ0v) is 14.1. The molecular formula is C14H25N7O5. The molecule has 12 heteroatoms. The number of aliphatic hydroxyl groups excluding tert-OH is 3. The van der Waals surface area contributed by atoms with E-state index in [2.05, 4.69) is 9.98 Å². The first-order valence-electron chi connectivity index (χ1n) is 8.10. The molecule has 0 saturated carbocycles. The van der Waals surface area contributed by atoms with Crippen LogP contribution in [0.1, 0.15) is 30.7 Å². The SMILES string of the molecule is NCCCC(N=C(N)N)c1cn(C2O[C@H](CO)C(O)[C@H]2O)c(=O)nc1N. The summed E-state index contributed by atoms with van der Waals surface area (Å²) in [5.41, 5.74) is 21.9. The lowest BCUT2D eigenvalue weighted by Gasteiger charge is -2.21. The summed E-state index contributed by atoms with van der Waals surface area (Å²) in [6.07, 6.45) is -2.69. The molecule has 0 bridgehead atoms. The molecule has 1 aliphatic heterocycles. The Morgan fingerprint density at radius 1 is 1.38 bits per heavy atom. The quantitative estimate of drug-likeness (QED) is 0.185. The molecule has 0 aromatic carbocycles. The topological polar surface area (TPSA) is 221 Å². The Morgan fingerprint density at radius 2 is 2.08 bits per heavy atom. The van der Waals surface area contributed by atoms with Crippen molar-refractivity contribution in [3.63, 3.8) is 0 Å². The van der Waals surface area contributed by atoms with Crippen LogP contribution in [-0.4, -0.2) is 62.3 Å². The highest BCUT2D eigenvalue weighted by Gasteiger charge is 2.44. The predicted molar refractivity (Wildman–Crippen MR) is 92.8 cm³/mol. The Morgan fingerprint density at radius 3 is 2.62 bits per heavy atom. The summed E-state index contributed by atoms with van der Waals surface area (Å²) in [5, 5.41) is 29.2. The lowest BCUT2D eigenvalue weighted by atomic mass is 10.0. The minimum atomic E-state index is -1.44. The van der Waals surface area contributed by atoms with Crippen LogP contribution in [-0.2, 0) is 4.74 Å². The highest BCUT2D eigenvalue weighted by atomic mass is 16.6. The van der Waals surface area contributed by atoms with Crippen molar-refractivity contribution < 1.29 is 20.1 Å². The van der Waals surface area contributed by atoms with E-state index in [-0.39, 0.29) is 11.8 Å². The number of hydrogen-bond acceptors (Lipinski definition) is 9. The monoisotopic (exact) mass is 371 g/mol. The summed E-state index contributed by atoms with van der Waals surface area (Å²) in [6, 6.07) is -0.597. The molecule has 0 radical (unpaired) electrons. The molecule has 1 aromatic heterocycles. The maximum Gasteiger partial charge on any atom is 0.351 e. The molecular weight excluding hydrogens is 346 g/mol. The Kier molecular flexibility index (Phi) is 6.50. The molecule has 0 spiro atoms. The van der Waals surface area contributed by atoms with Gasteiger partial charge in [0.05, 0.1) is 12.6 Å². The molecule has 1 saturated heterocycles.